The molecule has 10 heteroatoms. The van der Waals surface area contributed by atoms with E-state index in [1.165, 1.54) is 22.9 Å². The minimum absolute atomic E-state index is 0.0665. The first-order valence-electron chi connectivity index (χ1n) is 7.97. The number of hydrogen-bond acceptors (Lipinski definition) is 4. The molecule has 0 aliphatic heterocycles. The number of benzene rings is 1. The number of aromatic nitrogens is 2. The molecule has 1 N–H and O–H groups in total. The molecule has 1 aromatic heterocycles. The van der Waals surface area contributed by atoms with Gasteiger partial charge < -0.3 is 14.6 Å². The standard InChI is InChI=1S/C16H21F3N2O4Si/c1-26(2,3)7-6-24-10-21-13-5-4-11(25-9-16(17,18)19)8-12(13)14(20-21)15(22)23/h4-5,8H,6-7,9-10H2,1-3H3,(H,22,23). The summed E-state index contributed by atoms with van der Waals surface area (Å²) in [6.07, 6.45) is -4.47. The predicted octanol–water partition coefficient (Wildman–Crippen LogP) is 3.99. The Hall–Kier alpha value is -2.07. The maximum Gasteiger partial charge on any atom is 0.422 e. The molecule has 0 spiro atoms. The van der Waals surface area contributed by atoms with E-state index in [2.05, 4.69) is 29.5 Å². The van der Waals surface area contributed by atoms with Crippen LogP contribution in [0.4, 0.5) is 13.2 Å². The van der Waals surface area contributed by atoms with Crippen LogP contribution in [0.5, 0.6) is 5.75 Å². The molecule has 0 bridgehead atoms. The van der Waals surface area contributed by atoms with Crippen LogP contribution < -0.4 is 4.74 Å². The van der Waals surface area contributed by atoms with E-state index in [0.29, 0.717) is 12.1 Å². The van der Waals surface area contributed by atoms with Gasteiger partial charge in [-0.2, -0.15) is 18.3 Å². The molecule has 26 heavy (non-hydrogen) atoms. The summed E-state index contributed by atoms with van der Waals surface area (Å²) in [5.41, 5.74) is 0.195. The van der Waals surface area contributed by atoms with Crippen molar-refractivity contribution in [2.24, 2.45) is 0 Å². The summed E-state index contributed by atoms with van der Waals surface area (Å²) < 4.78 is 48.5. The van der Waals surface area contributed by atoms with Crippen LogP contribution in [-0.2, 0) is 11.5 Å². The lowest BCUT2D eigenvalue weighted by Crippen LogP contribution is -2.22. The number of halogens is 3. The van der Waals surface area contributed by atoms with E-state index >= 15 is 0 Å². The van der Waals surface area contributed by atoms with Crippen LogP contribution in [0.1, 0.15) is 10.5 Å². The van der Waals surface area contributed by atoms with E-state index in [-0.39, 0.29) is 23.6 Å². The fourth-order valence-corrected chi connectivity index (χ4v) is 2.96. The lowest BCUT2D eigenvalue weighted by atomic mass is 10.2. The summed E-state index contributed by atoms with van der Waals surface area (Å²) in [6.45, 7) is 5.79. The number of fused-ring (bicyclic) bond motifs is 1. The molecule has 1 aromatic carbocycles. The molecule has 0 fully saturated rings. The number of aromatic carboxylic acids is 1. The number of rotatable bonds is 8. The Kier molecular flexibility index (Phi) is 5.97. The second-order valence-corrected chi connectivity index (χ2v) is 12.7. The van der Waals surface area contributed by atoms with Gasteiger partial charge in [-0.25, -0.2) is 9.48 Å². The summed E-state index contributed by atoms with van der Waals surface area (Å²) in [5.74, 6) is -1.35. The molecule has 2 aromatic rings. The van der Waals surface area contributed by atoms with Gasteiger partial charge >= 0.3 is 12.1 Å². The van der Waals surface area contributed by atoms with Gasteiger partial charge in [0.05, 0.1) is 5.52 Å². The summed E-state index contributed by atoms with van der Waals surface area (Å²) in [4.78, 5) is 11.4. The number of nitrogens with zero attached hydrogens (tertiary/aromatic N) is 2. The minimum atomic E-state index is -4.47. The Morgan fingerprint density at radius 1 is 1.31 bits per heavy atom. The average Bonchev–Trinajstić information content (AvgIpc) is 2.86. The van der Waals surface area contributed by atoms with Crippen LogP contribution >= 0.6 is 0 Å². The van der Waals surface area contributed by atoms with Crippen molar-refractivity contribution >= 4 is 24.9 Å². The first kappa shape index (κ1) is 20.2. The molecule has 6 nitrogen and oxygen atoms in total. The third kappa shape index (κ3) is 5.73. The molecule has 0 atom stereocenters. The molecule has 0 unspecified atom stereocenters. The Morgan fingerprint density at radius 2 is 2.00 bits per heavy atom. The van der Waals surface area contributed by atoms with Crippen LogP contribution in [0.25, 0.3) is 10.9 Å². The van der Waals surface area contributed by atoms with E-state index in [1.807, 2.05) is 0 Å². The average molecular weight is 390 g/mol. The van der Waals surface area contributed by atoms with Crippen molar-refractivity contribution in [2.45, 2.75) is 38.6 Å². The van der Waals surface area contributed by atoms with Crippen molar-refractivity contribution in [3.05, 3.63) is 23.9 Å². The van der Waals surface area contributed by atoms with Crippen molar-refractivity contribution in [1.29, 1.82) is 0 Å². The van der Waals surface area contributed by atoms with Crippen molar-refractivity contribution in [2.75, 3.05) is 13.2 Å². The van der Waals surface area contributed by atoms with E-state index < -0.39 is 26.8 Å². The fourth-order valence-electron chi connectivity index (χ4n) is 2.20. The van der Waals surface area contributed by atoms with Gasteiger partial charge in [-0.3, -0.25) is 0 Å². The highest BCUT2D eigenvalue weighted by Crippen LogP contribution is 2.26. The van der Waals surface area contributed by atoms with E-state index in [9.17, 15) is 23.1 Å². The van der Waals surface area contributed by atoms with E-state index in [0.717, 1.165) is 6.04 Å². The topological polar surface area (TPSA) is 73.6 Å². The molecular formula is C16H21F3N2O4Si. The van der Waals surface area contributed by atoms with Crippen molar-refractivity contribution in [1.82, 2.24) is 9.78 Å². The number of carbonyl (C=O) groups is 1. The highest BCUT2D eigenvalue weighted by Gasteiger charge is 2.28. The number of alkyl halides is 3. The molecule has 0 radical (unpaired) electrons. The second-order valence-electron chi connectivity index (χ2n) is 7.08. The normalized spacial score (nSPS) is 12.5. The molecule has 1 heterocycles. The maximum atomic E-state index is 12.3. The van der Waals surface area contributed by atoms with Crippen LogP contribution in [-0.4, -0.2) is 48.3 Å². The lowest BCUT2D eigenvalue weighted by molar-refractivity contribution is -0.153. The SMILES string of the molecule is C[Si](C)(C)CCOCn1nc(C(=O)O)c2cc(OCC(F)(F)F)ccc21. The predicted molar refractivity (Wildman–Crippen MR) is 92.3 cm³/mol. The molecule has 0 aliphatic rings. The van der Waals surface area contributed by atoms with Crippen molar-refractivity contribution < 1.29 is 32.5 Å². The van der Waals surface area contributed by atoms with Gasteiger partial charge in [0.15, 0.2) is 12.3 Å². The summed E-state index contributed by atoms with van der Waals surface area (Å²) in [7, 11) is -1.25. The lowest BCUT2D eigenvalue weighted by Gasteiger charge is -2.15. The van der Waals surface area contributed by atoms with Gasteiger partial charge in [0.2, 0.25) is 0 Å². The molecule has 2 rings (SSSR count). The molecule has 0 amide bonds. The summed E-state index contributed by atoms with van der Waals surface area (Å²) in [5, 5.41) is 13.5. The third-order valence-corrected chi connectivity index (χ3v) is 5.24. The highest BCUT2D eigenvalue weighted by molar-refractivity contribution is 6.76. The summed E-state index contributed by atoms with van der Waals surface area (Å²) in [6, 6.07) is 5.02. The Bertz CT molecular complexity index is 784. The first-order valence-corrected chi connectivity index (χ1v) is 11.7. The van der Waals surface area contributed by atoms with Gasteiger partial charge in [0, 0.05) is 20.1 Å². The number of carboxylic acids is 1. The van der Waals surface area contributed by atoms with Gasteiger partial charge in [-0.05, 0) is 24.2 Å². The molecule has 144 valence electrons. The largest absolute Gasteiger partial charge is 0.484 e. The Labute approximate surface area is 149 Å². The summed E-state index contributed by atoms with van der Waals surface area (Å²) >= 11 is 0. The van der Waals surface area contributed by atoms with Gasteiger partial charge in [-0.1, -0.05) is 19.6 Å². The van der Waals surface area contributed by atoms with Crippen LogP contribution in [0.3, 0.4) is 0 Å². The quantitative estimate of drug-likeness (QED) is 0.545. The second kappa shape index (κ2) is 7.66. The Balaban J connectivity index is 2.20. The zero-order chi connectivity index (χ0) is 19.5. The monoisotopic (exact) mass is 390 g/mol. The third-order valence-electron chi connectivity index (χ3n) is 3.54. The van der Waals surface area contributed by atoms with Crippen LogP contribution in [0, 0.1) is 0 Å². The fraction of sp³-hybridized carbons (Fsp3) is 0.500. The molecular weight excluding hydrogens is 369 g/mol. The molecule has 0 saturated carbocycles. The Morgan fingerprint density at radius 3 is 2.58 bits per heavy atom. The first-order chi connectivity index (χ1) is 12.0. The van der Waals surface area contributed by atoms with Crippen molar-refractivity contribution in [3.8, 4) is 5.75 Å². The van der Waals surface area contributed by atoms with E-state index in [4.69, 9.17) is 4.74 Å². The smallest absolute Gasteiger partial charge is 0.422 e. The zero-order valence-corrected chi connectivity index (χ0v) is 15.8. The number of carboxylic acid groups (broad SMARTS) is 1. The van der Waals surface area contributed by atoms with Gasteiger partial charge in [-0.15, -0.1) is 0 Å². The number of hydrogen-bond donors (Lipinski definition) is 1. The molecule has 0 saturated heterocycles. The van der Waals surface area contributed by atoms with Gasteiger partial charge in [0.25, 0.3) is 0 Å². The zero-order valence-electron chi connectivity index (χ0n) is 14.8. The van der Waals surface area contributed by atoms with Crippen LogP contribution in [0.2, 0.25) is 25.7 Å². The van der Waals surface area contributed by atoms with Crippen LogP contribution in [0.15, 0.2) is 18.2 Å². The number of ether oxygens (including phenoxy) is 2. The highest BCUT2D eigenvalue weighted by atomic mass is 28.3. The van der Waals surface area contributed by atoms with E-state index in [1.54, 1.807) is 0 Å². The maximum absolute atomic E-state index is 12.3. The van der Waals surface area contributed by atoms with Crippen molar-refractivity contribution in [3.63, 3.8) is 0 Å². The minimum Gasteiger partial charge on any atom is -0.484 e. The van der Waals surface area contributed by atoms with Gasteiger partial charge in [0.1, 0.15) is 12.5 Å². The molecule has 0 aliphatic carbocycles.